The first-order valence-electron chi connectivity index (χ1n) is 11.0. The molecule has 1 unspecified atom stereocenters. The van der Waals surface area contributed by atoms with Crippen LogP contribution in [0.3, 0.4) is 0 Å². The van der Waals surface area contributed by atoms with Crippen LogP contribution in [0.2, 0.25) is 0 Å². The van der Waals surface area contributed by atoms with Gasteiger partial charge in [0.05, 0.1) is 17.7 Å². The summed E-state index contributed by atoms with van der Waals surface area (Å²) < 4.78 is 12.7. The summed E-state index contributed by atoms with van der Waals surface area (Å²) in [7, 11) is 0. The zero-order valence-corrected chi connectivity index (χ0v) is 17.6. The summed E-state index contributed by atoms with van der Waals surface area (Å²) >= 11 is 0. The van der Waals surface area contributed by atoms with Crippen molar-refractivity contribution in [3.63, 3.8) is 0 Å². The molecule has 0 bridgehead atoms. The molecule has 0 spiro atoms. The molecular weight excluding hydrogens is 402 g/mol. The average molecular weight is 425 g/mol. The van der Waals surface area contributed by atoms with Crippen LogP contribution in [0.25, 0.3) is 22.0 Å². The molecule has 160 valence electrons. The number of rotatable bonds is 4. The van der Waals surface area contributed by atoms with E-state index in [1.165, 1.54) is 5.56 Å². The van der Waals surface area contributed by atoms with Gasteiger partial charge in [-0.1, -0.05) is 54.6 Å². The van der Waals surface area contributed by atoms with Crippen LogP contribution >= 0.6 is 0 Å². The highest BCUT2D eigenvalue weighted by Crippen LogP contribution is 2.39. The first kappa shape index (κ1) is 19.1. The van der Waals surface area contributed by atoms with E-state index in [0.29, 0.717) is 12.1 Å². The second kappa shape index (κ2) is 7.80. The van der Waals surface area contributed by atoms with Gasteiger partial charge in [0.15, 0.2) is 11.5 Å². The molecule has 3 aromatic carbocycles. The zero-order valence-electron chi connectivity index (χ0n) is 17.6. The maximum absolute atomic E-state index is 13.3. The third-order valence-corrected chi connectivity index (χ3v) is 6.38. The number of hydrogen-bond donors (Lipinski definition) is 0. The standard InChI is InChI=1S/C26H23N3O3/c30-26-21-10-5-4-9-20(21)25(18-7-2-1-3-8-18)27-29(26)16-28-14-6-11-22(28)19-12-13-23-24(15-19)32-17-31-23/h1-5,7-10,12-13,15,22H,6,11,14,16-17H2. The van der Waals surface area contributed by atoms with Gasteiger partial charge in [0.2, 0.25) is 6.79 Å². The third kappa shape index (κ3) is 3.24. The summed E-state index contributed by atoms with van der Waals surface area (Å²) in [6, 6.07) is 24.1. The Balaban J connectivity index is 1.39. The van der Waals surface area contributed by atoms with Gasteiger partial charge in [-0.15, -0.1) is 0 Å². The van der Waals surface area contributed by atoms with Crippen LogP contribution in [0.15, 0.2) is 77.6 Å². The summed E-state index contributed by atoms with van der Waals surface area (Å²) in [6.07, 6.45) is 2.11. The van der Waals surface area contributed by atoms with E-state index in [-0.39, 0.29) is 18.4 Å². The molecule has 2 aliphatic rings. The van der Waals surface area contributed by atoms with E-state index in [0.717, 1.165) is 47.5 Å². The van der Waals surface area contributed by atoms with E-state index in [2.05, 4.69) is 17.0 Å². The average Bonchev–Trinajstić information content (AvgIpc) is 3.50. The third-order valence-electron chi connectivity index (χ3n) is 6.38. The maximum Gasteiger partial charge on any atom is 0.275 e. The van der Waals surface area contributed by atoms with Gasteiger partial charge in [-0.3, -0.25) is 9.69 Å². The number of ether oxygens (including phenoxy) is 2. The molecule has 0 radical (unpaired) electrons. The number of fused-ring (bicyclic) bond motifs is 2. The Hall–Kier alpha value is -3.64. The first-order chi connectivity index (χ1) is 15.8. The van der Waals surface area contributed by atoms with Crippen molar-refractivity contribution in [2.75, 3.05) is 13.3 Å². The molecule has 4 aromatic rings. The van der Waals surface area contributed by atoms with Crippen molar-refractivity contribution in [3.05, 3.63) is 88.7 Å². The molecule has 0 amide bonds. The highest BCUT2D eigenvalue weighted by Gasteiger charge is 2.28. The van der Waals surface area contributed by atoms with E-state index < -0.39 is 0 Å². The Morgan fingerprint density at radius 3 is 2.56 bits per heavy atom. The monoisotopic (exact) mass is 425 g/mol. The van der Waals surface area contributed by atoms with Gasteiger partial charge in [-0.2, -0.15) is 5.10 Å². The summed E-state index contributed by atoms with van der Waals surface area (Å²) in [5.41, 5.74) is 2.96. The molecule has 1 saturated heterocycles. The van der Waals surface area contributed by atoms with Crippen LogP contribution in [0, 0.1) is 0 Å². The molecule has 6 heteroatoms. The number of likely N-dealkylation sites (tertiary alicyclic amines) is 1. The Morgan fingerprint density at radius 1 is 0.906 bits per heavy atom. The fourth-order valence-electron chi connectivity index (χ4n) is 4.81. The number of aromatic nitrogens is 2. The van der Waals surface area contributed by atoms with Gasteiger partial charge in [-0.05, 0) is 36.6 Å². The van der Waals surface area contributed by atoms with Crippen molar-refractivity contribution in [1.29, 1.82) is 0 Å². The van der Waals surface area contributed by atoms with Crippen molar-refractivity contribution in [3.8, 4) is 22.8 Å². The molecule has 1 aromatic heterocycles. The highest BCUT2D eigenvalue weighted by molar-refractivity contribution is 5.93. The Labute approximate surface area is 185 Å². The minimum absolute atomic E-state index is 0.0587. The van der Waals surface area contributed by atoms with Crippen LogP contribution in [0.5, 0.6) is 11.5 Å². The number of nitrogens with zero attached hydrogens (tertiary/aromatic N) is 3. The van der Waals surface area contributed by atoms with E-state index in [4.69, 9.17) is 14.6 Å². The predicted octanol–water partition coefficient (Wildman–Crippen LogP) is 4.59. The van der Waals surface area contributed by atoms with Crippen LogP contribution in [0.1, 0.15) is 24.4 Å². The van der Waals surface area contributed by atoms with Crippen molar-refractivity contribution < 1.29 is 9.47 Å². The minimum atomic E-state index is -0.0587. The molecule has 1 fully saturated rings. The molecule has 6 rings (SSSR count). The molecule has 2 aliphatic heterocycles. The second-order valence-electron chi connectivity index (χ2n) is 8.29. The van der Waals surface area contributed by atoms with Gasteiger partial charge in [0.1, 0.15) is 0 Å². The van der Waals surface area contributed by atoms with E-state index in [1.807, 2.05) is 60.7 Å². The number of hydrogen-bond acceptors (Lipinski definition) is 5. The van der Waals surface area contributed by atoms with E-state index in [1.54, 1.807) is 4.68 Å². The molecule has 0 saturated carbocycles. The van der Waals surface area contributed by atoms with Gasteiger partial charge < -0.3 is 9.47 Å². The van der Waals surface area contributed by atoms with Crippen molar-refractivity contribution in [2.45, 2.75) is 25.6 Å². The molecule has 1 atom stereocenters. The van der Waals surface area contributed by atoms with Gasteiger partial charge in [-0.25, -0.2) is 4.68 Å². The maximum atomic E-state index is 13.3. The topological polar surface area (TPSA) is 56.6 Å². The molecule has 0 N–H and O–H groups in total. The summed E-state index contributed by atoms with van der Waals surface area (Å²) in [5.74, 6) is 1.58. The summed E-state index contributed by atoms with van der Waals surface area (Å²) in [6.45, 7) is 1.63. The molecule has 0 aliphatic carbocycles. The van der Waals surface area contributed by atoms with Crippen molar-refractivity contribution in [2.24, 2.45) is 0 Å². The first-order valence-corrected chi connectivity index (χ1v) is 11.0. The Kier molecular flexibility index (Phi) is 4.65. The van der Waals surface area contributed by atoms with E-state index in [9.17, 15) is 4.79 Å². The van der Waals surface area contributed by atoms with Crippen molar-refractivity contribution >= 4 is 10.8 Å². The fraction of sp³-hybridized carbons (Fsp3) is 0.231. The lowest BCUT2D eigenvalue weighted by atomic mass is 10.0. The summed E-state index contributed by atoms with van der Waals surface area (Å²) in [5, 5.41) is 6.42. The quantitative estimate of drug-likeness (QED) is 0.479. The lowest BCUT2D eigenvalue weighted by molar-refractivity contribution is 0.173. The number of benzene rings is 3. The van der Waals surface area contributed by atoms with Gasteiger partial charge in [0.25, 0.3) is 5.56 Å². The molecule has 6 nitrogen and oxygen atoms in total. The van der Waals surface area contributed by atoms with Crippen molar-refractivity contribution in [1.82, 2.24) is 14.7 Å². The lowest BCUT2D eigenvalue weighted by Crippen LogP contribution is -2.34. The molecule has 32 heavy (non-hydrogen) atoms. The lowest BCUT2D eigenvalue weighted by Gasteiger charge is -2.25. The van der Waals surface area contributed by atoms with Crippen LogP contribution in [-0.2, 0) is 6.67 Å². The van der Waals surface area contributed by atoms with Crippen LogP contribution < -0.4 is 15.0 Å². The highest BCUT2D eigenvalue weighted by atomic mass is 16.7. The SMILES string of the molecule is O=c1c2ccccc2c(-c2ccccc2)nn1CN1CCCC1c1ccc2c(c1)OCO2. The molecule has 3 heterocycles. The van der Waals surface area contributed by atoms with Crippen LogP contribution in [-0.4, -0.2) is 28.0 Å². The van der Waals surface area contributed by atoms with Gasteiger partial charge in [0, 0.05) is 23.5 Å². The van der Waals surface area contributed by atoms with E-state index >= 15 is 0 Å². The minimum Gasteiger partial charge on any atom is -0.454 e. The zero-order chi connectivity index (χ0) is 21.5. The largest absolute Gasteiger partial charge is 0.454 e. The normalized spacial score (nSPS) is 17.8. The van der Waals surface area contributed by atoms with Crippen LogP contribution in [0.4, 0.5) is 0 Å². The second-order valence-corrected chi connectivity index (χ2v) is 8.29. The smallest absolute Gasteiger partial charge is 0.275 e. The molecular formula is C26H23N3O3. The Bertz CT molecular complexity index is 1350. The predicted molar refractivity (Wildman–Crippen MR) is 123 cm³/mol. The Morgan fingerprint density at radius 2 is 1.69 bits per heavy atom. The fourth-order valence-corrected chi connectivity index (χ4v) is 4.81. The van der Waals surface area contributed by atoms with Gasteiger partial charge >= 0.3 is 0 Å². The summed E-state index contributed by atoms with van der Waals surface area (Å²) in [4.78, 5) is 15.7.